The van der Waals surface area contributed by atoms with E-state index in [1.807, 2.05) is 18.2 Å². The number of para-hydroxylation sites is 1. The van der Waals surface area contributed by atoms with Crippen LogP contribution in [0.4, 0.5) is 0 Å². The van der Waals surface area contributed by atoms with E-state index in [9.17, 15) is 0 Å². The molecule has 75 valence electrons. The third-order valence-corrected chi connectivity index (χ3v) is 2.24. The number of halogens is 1. The molecule has 1 unspecified atom stereocenters. The molecule has 0 spiro atoms. The number of ether oxygens (including phenoxy) is 2. The van der Waals surface area contributed by atoms with E-state index in [-0.39, 0.29) is 6.29 Å². The van der Waals surface area contributed by atoms with Crippen LogP contribution in [0.2, 0.25) is 5.02 Å². The summed E-state index contributed by atoms with van der Waals surface area (Å²) in [6.45, 7) is 1.95. The molecule has 0 saturated carbocycles. The van der Waals surface area contributed by atoms with Crippen LogP contribution < -0.4 is 10.1 Å². The molecule has 0 bridgehead atoms. The highest BCUT2D eigenvalue weighted by Gasteiger charge is 2.16. The zero-order valence-electron chi connectivity index (χ0n) is 7.65. The van der Waals surface area contributed by atoms with Crippen LogP contribution >= 0.6 is 11.6 Å². The lowest BCUT2D eigenvalue weighted by atomic mass is 10.3. The lowest BCUT2D eigenvalue weighted by Gasteiger charge is -2.23. The number of benzene rings is 1. The first-order valence-corrected chi connectivity index (χ1v) is 4.90. The Hall–Kier alpha value is -0.770. The largest absolute Gasteiger partial charge is 0.462 e. The predicted molar refractivity (Wildman–Crippen MR) is 53.7 cm³/mol. The maximum absolute atomic E-state index is 5.93. The van der Waals surface area contributed by atoms with Gasteiger partial charge in [-0.2, -0.15) is 0 Å². The molecular weight excluding hydrogens is 202 g/mol. The van der Waals surface area contributed by atoms with Gasteiger partial charge in [-0.1, -0.05) is 23.7 Å². The van der Waals surface area contributed by atoms with Crippen molar-refractivity contribution in [3.05, 3.63) is 29.3 Å². The van der Waals surface area contributed by atoms with Crippen molar-refractivity contribution in [3.63, 3.8) is 0 Å². The van der Waals surface area contributed by atoms with Gasteiger partial charge in [-0.3, -0.25) is 0 Å². The lowest BCUT2D eigenvalue weighted by molar-refractivity contribution is -0.0956. The third kappa shape index (κ3) is 2.38. The second-order valence-corrected chi connectivity index (χ2v) is 3.39. The SMILES string of the molecule is Clc1ccccc1OC1C[N]CCO1. The zero-order chi connectivity index (χ0) is 9.80. The van der Waals surface area contributed by atoms with Crippen LogP contribution in [0.15, 0.2) is 24.3 Å². The molecule has 1 radical (unpaired) electrons. The van der Waals surface area contributed by atoms with Crippen molar-refractivity contribution < 1.29 is 9.47 Å². The molecule has 1 heterocycles. The first kappa shape index (κ1) is 9.77. The fourth-order valence-corrected chi connectivity index (χ4v) is 1.43. The van der Waals surface area contributed by atoms with Crippen molar-refractivity contribution in [2.45, 2.75) is 6.29 Å². The summed E-state index contributed by atoms with van der Waals surface area (Å²) < 4.78 is 10.9. The number of hydrogen-bond donors (Lipinski definition) is 0. The molecule has 1 saturated heterocycles. The van der Waals surface area contributed by atoms with E-state index in [1.165, 1.54) is 0 Å². The van der Waals surface area contributed by atoms with Crippen molar-refractivity contribution in [1.82, 2.24) is 5.32 Å². The topological polar surface area (TPSA) is 32.6 Å². The molecule has 4 heteroatoms. The summed E-state index contributed by atoms with van der Waals surface area (Å²) in [6.07, 6.45) is -0.288. The Balaban J connectivity index is 1.99. The fraction of sp³-hybridized carbons (Fsp3) is 0.400. The number of morpholine rings is 1. The number of hydrogen-bond acceptors (Lipinski definition) is 2. The minimum absolute atomic E-state index is 0.288. The first-order valence-electron chi connectivity index (χ1n) is 4.52. The van der Waals surface area contributed by atoms with Crippen molar-refractivity contribution in [3.8, 4) is 5.75 Å². The van der Waals surface area contributed by atoms with Crippen LogP contribution in [-0.4, -0.2) is 26.0 Å². The van der Waals surface area contributed by atoms with Crippen LogP contribution in [0, 0.1) is 0 Å². The predicted octanol–water partition coefficient (Wildman–Crippen LogP) is 1.68. The highest BCUT2D eigenvalue weighted by Crippen LogP contribution is 2.24. The van der Waals surface area contributed by atoms with Gasteiger partial charge in [0, 0.05) is 6.54 Å². The molecule has 0 aromatic heterocycles. The van der Waals surface area contributed by atoms with Crippen LogP contribution in [0.5, 0.6) is 5.75 Å². The summed E-state index contributed by atoms with van der Waals surface area (Å²) in [6, 6.07) is 7.35. The Kier molecular flexibility index (Phi) is 3.24. The maximum atomic E-state index is 5.93. The maximum Gasteiger partial charge on any atom is 0.214 e. The summed E-state index contributed by atoms with van der Waals surface area (Å²) in [5, 5.41) is 4.79. The quantitative estimate of drug-likeness (QED) is 0.747. The Morgan fingerprint density at radius 3 is 3.00 bits per heavy atom. The average molecular weight is 213 g/mol. The molecule has 0 amide bonds. The molecule has 1 aliphatic rings. The third-order valence-electron chi connectivity index (χ3n) is 1.93. The van der Waals surface area contributed by atoms with Crippen LogP contribution in [0.25, 0.3) is 0 Å². The second kappa shape index (κ2) is 4.64. The fourth-order valence-electron chi connectivity index (χ4n) is 1.25. The molecule has 3 nitrogen and oxygen atoms in total. The van der Waals surface area contributed by atoms with Gasteiger partial charge in [-0.25, -0.2) is 5.32 Å². The van der Waals surface area contributed by atoms with Gasteiger partial charge in [0.25, 0.3) is 0 Å². The molecule has 0 aliphatic carbocycles. The summed E-state index contributed by atoms with van der Waals surface area (Å²) >= 11 is 5.93. The Bertz CT molecular complexity index is 300. The van der Waals surface area contributed by atoms with Gasteiger partial charge in [-0.15, -0.1) is 0 Å². The van der Waals surface area contributed by atoms with Gasteiger partial charge in [0.2, 0.25) is 6.29 Å². The molecule has 2 rings (SSSR count). The Labute approximate surface area is 88.0 Å². The van der Waals surface area contributed by atoms with Crippen molar-refractivity contribution in [1.29, 1.82) is 0 Å². The van der Waals surface area contributed by atoms with Gasteiger partial charge in [-0.05, 0) is 12.1 Å². The molecular formula is C10H11ClNO2. The Morgan fingerprint density at radius 1 is 1.43 bits per heavy atom. The monoisotopic (exact) mass is 212 g/mol. The van der Waals surface area contributed by atoms with Gasteiger partial charge < -0.3 is 9.47 Å². The van der Waals surface area contributed by atoms with E-state index in [0.717, 1.165) is 6.54 Å². The average Bonchev–Trinajstić information content (AvgIpc) is 2.23. The van der Waals surface area contributed by atoms with Crippen molar-refractivity contribution >= 4 is 11.6 Å². The van der Waals surface area contributed by atoms with Crippen molar-refractivity contribution in [2.75, 3.05) is 19.7 Å². The van der Waals surface area contributed by atoms with E-state index in [2.05, 4.69) is 5.32 Å². The molecule has 1 aromatic rings. The van der Waals surface area contributed by atoms with Gasteiger partial charge in [0.05, 0.1) is 18.2 Å². The summed E-state index contributed by atoms with van der Waals surface area (Å²) in [5.41, 5.74) is 0. The molecule has 1 aliphatic heterocycles. The van der Waals surface area contributed by atoms with E-state index in [0.29, 0.717) is 23.9 Å². The number of rotatable bonds is 2. The van der Waals surface area contributed by atoms with Crippen LogP contribution in [0.3, 0.4) is 0 Å². The van der Waals surface area contributed by atoms with Gasteiger partial charge in [0.1, 0.15) is 5.75 Å². The summed E-state index contributed by atoms with van der Waals surface area (Å²) in [7, 11) is 0. The molecule has 1 aromatic carbocycles. The summed E-state index contributed by atoms with van der Waals surface area (Å²) in [5.74, 6) is 0.649. The van der Waals surface area contributed by atoms with Crippen molar-refractivity contribution in [2.24, 2.45) is 0 Å². The molecule has 1 atom stereocenters. The molecule has 1 fully saturated rings. The zero-order valence-corrected chi connectivity index (χ0v) is 8.41. The molecule has 14 heavy (non-hydrogen) atoms. The van der Waals surface area contributed by atoms with E-state index >= 15 is 0 Å². The van der Waals surface area contributed by atoms with Gasteiger partial charge in [0.15, 0.2) is 0 Å². The Morgan fingerprint density at radius 2 is 2.29 bits per heavy atom. The highest BCUT2D eigenvalue weighted by molar-refractivity contribution is 6.32. The normalized spacial score (nSPS) is 21.9. The second-order valence-electron chi connectivity index (χ2n) is 2.98. The van der Waals surface area contributed by atoms with Gasteiger partial charge >= 0.3 is 0 Å². The summed E-state index contributed by atoms with van der Waals surface area (Å²) in [4.78, 5) is 0. The first-order chi connectivity index (χ1) is 6.86. The van der Waals surface area contributed by atoms with Crippen LogP contribution in [0.1, 0.15) is 0 Å². The smallest absolute Gasteiger partial charge is 0.214 e. The van der Waals surface area contributed by atoms with Crippen LogP contribution in [-0.2, 0) is 4.74 Å². The van der Waals surface area contributed by atoms with E-state index in [1.54, 1.807) is 6.07 Å². The highest BCUT2D eigenvalue weighted by atomic mass is 35.5. The number of nitrogens with zero attached hydrogens (tertiary/aromatic N) is 1. The van der Waals surface area contributed by atoms with E-state index in [4.69, 9.17) is 21.1 Å². The minimum atomic E-state index is -0.288. The standard InChI is InChI=1S/C10H11ClNO2/c11-8-3-1-2-4-9(8)14-10-7-12-5-6-13-10/h1-4,10H,5-7H2. The molecule has 0 N–H and O–H groups in total. The minimum Gasteiger partial charge on any atom is -0.462 e. The lowest BCUT2D eigenvalue weighted by Crippen LogP contribution is -2.37. The van der Waals surface area contributed by atoms with E-state index < -0.39 is 0 Å².